The Bertz CT molecular complexity index is 535. The summed E-state index contributed by atoms with van der Waals surface area (Å²) in [6, 6.07) is 10.6. The lowest BCUT2D eigenvalue weighted by atomic mass is 9.80. The highest BCUT2D eigenvalue weighted by atomic mass is 15.3. The van der Waals surface area contributed by atoms with E-state index in [1.54, 1.807) is 0 Å². The molecule has 0 bridgehead atoms. The van der Waals surface area contributed by atoms with Crippen LogP contribution in [0.1, 0.15) is 50.5 Å². The summed E-state index contributed by atoms with van der Waals surface area (Å²) >= 11 is 0. The van der Waals surface area contributed by atoms with Crippen molar-refractivity contribution in [1.29, 1.82) is 0 Å². The maximum absolute atomic E-state index is 5.91. The summed E-state index contributed by atoms with van der Waals surface area (Å²) < 4.78 is 2.16. The van der Waals surface area contributed by atoms with Crippen molar-refractivity contribution in [1.82, 2.24) is 15.0 Å². The second-order valence-electron chi connectivity index (χ2n) is 5.54. The van der Waals surface area contributed by atoms with Crippen molar-refractivity contribution >= 4 is 0 Å². The van der Waals surface area contributed by atoms with Gasteiger partial charge in [-0.25, -0.2) is 10.4 Å². The van der Waals surface area contributed by atoms with Crippen LogP contribution in [0.25, 0.3) is 0 Å². The Morgan fingerprint density at radius 1 is 1.24 bits per heavy atom. The van der Waals surface area contributed by atoms with Gasteiger partial charge in [0.15, 0.2) is 0 Å². The molecular formula is C17H26N4. The molecule has 0 spiro atoms. The molecule has 21 heavy (non-hydrogen) atoms. The molecule has 3 atom stereocenters. The molecule has 0 amide bonds. The van der Waals surface area contributed by atoms with E-state index in [9.17, 15) is 0 Å². The number of hydrazine groups is 1. The minimum absolute atomic E-state index is 0.0114. The van der Waals surface area contributed by atoms with Crippen LogP contribution in [0.3, 0.4) is 0 Å². The Balaban J connectivity index is 2.43. The van der Waals surface area contributed by atoms with Crippen LogP contribution < -0.4 is 11.3 Å². The van der Waals surface area contributed by atoms with Gasteiger partial charge in [0.05, 0.1) is 6.04 Å². The normalized spacial score (nSPS) is 15.6. The molecule has 0 aliphatic rings. The number of nitrogens with two attached hydrogens (primary N) is 1. The van der Waals surface area contributed by atoms with Gasteiger partial charge in [0, 0.05) is 24.9 Å². The number of imidazole rings is 1. The molecule has 0 radical (unpaired) electrons. The molecule has 4 heteroatoms. The third kappa shape index (κ3) is 3.34. The predicted molar refractivity (Wildman–Crippen MR) is 86.6 cm³/mol. The van der Waals surface area contributed by atoms with E-state index in [0.29, 0.717) is 11.8 Å². The van der Waals surface area contributed by atoms with Gasteiger partial charge in [-0.05, 0) is 18.4 Å². The van der Waals surface area contributed by atoms with Gasteiger partial charge in [-0.15, -0.1) is 0 Å². The average molecular weight is 286 g/mol. The fourth-order valence-electron chi connectivity index (χ4n) is 2.98. The molecule has 1 aromatic heterocycles. The largest absolute Gasteiger partial charge is 0.334 e. The average Bonchev–Trinajstić information content (AvgIpc) is 3.00. The van der Waals surface area contributed by atoms with E-state index in [1.165, 1.54) is 5.56 Å². The van der Waals surface area contributed by atoms with Gasteiger partial charge >= 0.3 is 0 Å². The second-order valence-corrected chi connectivity index (χ2v) is 5.54. The van der Waals surface area contributed by atoms with E-state index in [4.69, 9.17) is 5.84 Å². The van der Waals surface area contributed by atoms with Crippen LogP contribution in [0.5, 0.6) is 0 Å². The molecule has 2 rings (SSSR count). The Morgan fingerprint density at radius 2 is 1.95 bits per heavy atom. The summed E-state index contributed by atoms with van der Waals surface area (Å²) in [5, 5.41) is 0. The van der Waals surface area contributed by atoms with Gasteiger partial charge in [-0.3, -0.25) is 5.84 Å². The zero-order valence-electron chi connectivity index (χ0n) is 13.2. The highest BCUT2D eigenvalue weighted by molar-refractivity contribution is 5.24. The zero-order chi connectivity index (χ0) is 15.2. The van der Waals surface area contributed by atoms with Crippen molar-refractivity contribution in [2.24, 2.45) is 11.8 Å². The van der Waals surface area contributed by atoms with Crippen LogP contribution >= 0.6 is 0 Å². The van der Waals surface area contributed by atoms with E-state index >= 15 is 0 Å². The molecule has 0 fully saturated rings. The molecule has 2 aromatic rings. The van der Waals surface area contributed by atoms with Crippen molar-refractivity contribution in [3.63, 3.8) is 0 Å². The van der Waals surface area contributed by atoms with E-state index in [0.717, 1.165) is 18.8 Å². The molecule has 114 valence electrons. The molecule has 0 saturated heterocycles. The third-order valence-electron chi connectivity index (χ3n) is 4.35. The predicted octanol–water partition coefficient (Wildman–Crippen LogP) is 3.24. The Morgan fingerprint density at radius 3 is 2.52 bits per heavy atom. The Labute approximate surface area is 127 Å². The first-order valence-electron chi connectivity index (χ1n) is 7.75. The standard InChI is InChI=1S/C17H26N4/c1-4-13(3)15(14-9-7-6-8-10-14)16(20-18)17-19-11-12-21(17)5-2/h6-13,15-16,20H,4-5,18H2,1-3H3. The molecular weight excluding hydrogens is 260 g/mol. The number of benzene rings is 1. The minimum Gasteiger partial charge on any atom is -0.334 e. The molecule has 0 aliphatic carbocycles. The first-order valence-corrected chi connectivity index (χ1v) is 7.75. The number of aromatic nitrogens is 2. The van der Waals surface area contributed by atoms with E-state index in [-0.39, 0.29) is 6.04 Å². The summed E-state index contributed by atoms with van der Waals surface area (Å²) in [6.45, 7) is 7.52. The maximum Gasteiger partial charge on any atom is 0.127 e. The molecule has 4 nitrogen and oxygen atoms in total. The van der Waals surface area contributed by atoms with Crippen LogP contribution in [0.2, 0.25) is 0 Å². The lowest BCUT2D eigenvalue weighted by Gasteiger charge is -2.31. The monoisotopic (exact) mass is 286 g/mol. The minimum atomic E-state index is 0.0114. The molecule has 1 heterocycles. The summed E-state index contributed by atoms with van der Waals surface area (Å²) in [6.07, 6.45) is 4.96. The summed E-state index contributed by atoms with van der Waals surface area (Å²) in [5.74, 6) is 7.73. The van der Waals surface area contributed by atoms with E-state index in [1.807, 2.05) is 12.4 Å². The highest BCUT2D eigenvalue weighted by Crippen LogP contribution is 2.37. The molecule has 0 saturated carbocycles. The second kappa shape index (κ2) is 7.38. The lowest BCUT2D eigenvalue weighted by molar-refractivity contribution is 0.326. The SMILES string of the molecule is CCC(C)C(c1ccccc1)C(NN)c1nccn1CC. The highest BCUT2D eigenvalue weighted by Gasteiger charge is 2.30. The maximum atomic E-state index is 5.91. The molecule has 1 aromatic carbocycles. The quantitative estimate of drug-likeness (QED) is 0.607. The van der Waals surface area contributed by atoms with Crippen molar-refractivity contribution in [3.8, 4) is 0 Å². The fraction of sp³-hybridized carbons (Fsp3) is 0.471. The number of rotatable bonds is 7. The summed E-state index contributed by atoms with van der Waals surface area (Å²) in [4.78, 5) is 4.54. The smallest absolute Gasteiger partial charge is 0.127 e. The number of hydrogen-bond donors (Lipinski definition) is 2. The van der Waals surface area contributed by atoms with Gasteiger partial charge < -0.3 is 4.57 Å². The lowest BCUT2D eigenvalue weighted by Crippen LogP contribution is -2.36. The zero-order valence-corrected chi connectivity index (χ0v) is 13.2. The van der Waals surface area contributed by atoms with Crippen LogP contribution in [-0.4, -0.2) is 9.55 Å². The van der Waals surface area contributed by atoms with Crippen molar-refractivity contribution in [2.45, 2.75) is 45.7 Å². The van der Waals surface area contributed by atoms with Crippen LogP contribution in [0.4, 0.5) is 0 Å². The number of nitrogens with zero attached hydrogens (tertiary/aromatic N) is 2. The van der Waals surface area contributed by atoms with Gasteiger partial charge in [0.2, 0.25) is 0 Å². The number of aryl methyl sites for hydroxylation is 1. The van der Waals surface area contributed by atoms with Crippen molar-refractivity contribution in [2.75, 3.05) is 0 Å². The van der Waals surface area contributed by atoms with E-state index < -0.39 is 0 Å². The molecule has 3 N–H and O–H groups in total. The van der Waals surface area contributed by atoms with Gasteiger partial charge in [-0.2, -0.15) is 0 Å². The van der Waals surface area contributed by atoms with Crippen molar-refractivity contribution in [3.05, 3.63) is 54.1 Å². The third-order valence-corrected chi connectivity index (χ3v) is 4.35. The summed E-state index contributed by atoms with van der Waals surface area (Å²) in [5.41, 5.74) is 4.32. The number of nitrogens with one attached hydrogen (secondary N) is 1. The van der Waals surface area contributed by atoms with Gasteiger partial charge in [0.25, 0.3) is 0 Å². The first kappa shape index (κ1) is 15.7. The molecule has 3 unspecified atom stereocenters. The van der Waals surface area contributed by atoms with Gasteiger partial charge in [0.1, 0.15) is 5.82 Å². The number of hydrogen-bond acceptors (Lipinski definition) is 3. The first-order chi connectivity index (χ1) is 10.2. The van der Waals surface area contributed by atoms with Gasteiger partial charge in [-0.1, -0.05) is 50.6 Å². The fourth-order valence-corrected chi connectivity index (χ4v) is 2.98. The van der Waals surface area contributed by atoms with Crippen LogP contribution in [-0.2, 0) is 6.54 Å². The van der Waals surface area contributed by atoms with Crippen molar-refractivity contribution < 1.29 is 0 Å². The Kier molecular flexibility index (Phi) is 5.53. The van der Waals surface area contributed by atoms with Crippen LogP contribution in [0, 0.1) is 5.92 Å². The topological polar surface area (TPSA) is 55.9 Å². The molecule has 0 aliphatic heterocycles. The Hall–Kier alpha value is -1.65. The van der Waals surface area contributed by atoms with E-state index in [2.05, 4.69) is 66.1 Å². The summed E-state index contributed by atoms with van der Waals surface area (Å²) in [7, 11) is 0. The van der Waals surface area contributed by atoms with Crippen LogP contribution in [0.15, 0.2) is 42.7 Å².